The predicted molar refractivity (Wildman–Crippen MR) is 123 cm³/mol. The molecule has 4 nitrogen and oxygen atoms in total. The quantitative estimate of drug-likeness (QED) is 0.546. The molecule has 1 aliphatic rings. The van der Waals surface area contributed by atoms with Crippen molar-refractivity contribution in [3.63, 3.8) is 0 Å². The van der Waals surface area contributed by atoms with Crippen LogP contribution >= 0.6 is 23.2 Å². The molecule has 6 heteroatoms. The second kappa shape index (κ2) is 9.52. The van der Waals surface area contributed by atoms with Crippen LogP contribution in [0.3, 0.4) is 0 Å². The maximum Gasteiger partial charge on any atom is 0.321 e. The van der Waals surface area contributed by atoms with Gasteiger partial charge in [-0.25, -0.2) is 4.79 Å². The second-order valence-corrected chi connectivity index (χ2v) is 8.21. The standard InChI is InChI=1S/C24H23Cl2N3O/c25-20-15-21(26)17-22(16-20)27-24(30)29-13-11-28(12-14-29)23(18-7-3-1-4-8-18)19-9-5-2-6-10-19/h1-10,15-17,23H,11-14H2,(H,27,30). The lowest BCUT2D eigenvalue weighted by Gasteiger charge is -2.39. The lowest BCUT2D eigenvalue weighted by molar-refractivity contribution is 0.126. The second-order valence-electron chi connectivity index (χ2n) is 7.34. The van der Waals surface area contributed by atoms with Crippen LogP contribution in [0.15, 0.2) is 78.9 Å². The van der Waals surface area contributed by atoms with E-state index in [-0.39, 0.29) is 12.1 Å². The van der Waals surface area contributed by atoms with Gasteiger partial charge in [-0.05, 0) is 29.3 Å². The number of amides is 2. The van der Waals surface area contributed by atoms with Crippen LogP contribution in [0.2, 0.25) is 10.0 Å². The van der Waals surface area contributed by atoms with Crippen molar-refractivity contribution in [2.24, 2.45) is 0 Å². The molecule has 0 saturated carbocycles. The molecule has 0 radical (unpaired) electrons. The van der Waals surface area contributed by atoms with Crippen molar-refractivity contribution >= 4 is 34.9 Å². The van der Waals surface area contributed by atoms with E-state index >= 15 is 0 Å². The zero-order valence-corrected chi connectivity index (χ0v) is 18.0. The molecule has 0 unspecified atom stereocenters. The van der Waals surface area contributed by atoms with Gasteiger partial charge in [0, 0.05) is 41.9 Å². The van der Waals surface area contributed by atoms with Crippen molar-refractivity contribution in [2.45, 2.75) is 6.04 Å². The minimum Gasteiger partial charge on any atom is -0.322 e. The lowest BCUT2D eigenvalue weighted by Crippen LogP contribution is -2.51. The van der Waals surface area contributed by atoms with Crippen LogP contribution in [0, 0.1) is 0 Å². The van der Waals surface area contributed by atoms with Gasteiger partial charge >= 0.3 is 6.03 Å². The van der Waals surface area contributed by atoms with Crippen molar-refractivity contribution < 1.29 is 4.79 Å². The molecule has 4 rings (SSSR count). The third-order valence-electron chi connectivity index (χ3n) is 5.31. The molecule has 30 heavy (non-hydrogen) atoms. The number of rotatable bonds is 4. The number of hydrogen-bond acceptors (Lipinski definition) is 2. The van der Waals surface area contributed by atoms with Crippen molar-refractivity contribution in [1.82, 2.24) is 9.80 Å². The van der Waals surface area contributed by atoms with Gasteiger partial charge in [0.25, 0.3) is 0 Å². The molecule has 0 bridgehead atoms. The van der Waals surface area contributed by atoms with Crippen LogP contribution < -0.4 is 5.32 Å². The third-order valence-corrected chi connectivity index (χ3v) is 5.75. The number of nitrogens with zero attached hydrogens (tertiary/aromatic N) is 2. The monoisotopic (exact) mass is 439 g/mol. The molecule has 1 fully saturated rings. The summed E-state index contributed by atoms with van der Waals surface area (Å²) >= 11 is 12.1. The Kier molecular flexibility index (Phi) is 6.58. The molecular weight excluding hydrogens is 417 g/mol. The molecule has 0 atom stereocenters. The molecule has 3 aromatic rings. The maximum atomic E-state index is 12.7. The van der Waals surface area contributed by atoms with Crippen molar-refractivity contribution in [2.75, 3.05) is 31.5 Å². The van der Waals surface area contributed by atoms with Crippen LogP contribution in [0.4, 0.5) is 10.5 Å². The highest BCUT2D eigenvalue weighted by atomic mass is 35.5. The number of urea groups is 1. The Hall–Kier alpha value is -2.53. The number of hydrogen-bond donors (Lipinski definition) is 1. The number of carbonyl (C=O) groups is 1. The van der Waals surface area contributed by atoms with Crippen LogP contribution in [-0.4, -0.2) is 42.0 Å². The number of carbonyl (C=O) groups excluding carboxylic acids is 1. The minimum atomic E-state index is -0.135. The van der Waals surface area contributed by atoms with E-state index in [0.717, 1.165) is 13.1 Å². The van der Waals surface area contributed by atoms with Gasteiger partial charge in [0.2, 0.25) is 0 Å². The van der Waals surface area contributed by atoms with E-state index in [1.165, 1.54) is 11.1 Å². The first kappa shape index (κ1) is 20.7. The van der Waals surface area contributed by atoms with E-state index in [1.54, 1.807) is 18.2 Å². The first-order valence-electron chi connectivity index (χ1n) is 9.96. The molecular formula is C24H23Cl2N3O. The smallest absolute Gasteiger partial charge is 0.321 e. The van der Waals surface area contributed by atoms with E-state index in [1.807, 2.05) is 17.0 Å². The first-order valence-corrected chi connectivity index (χ1v) is 10.7. The summed E-state index contributed by atoms with van der Waals surface area (Å²) in [6.07, 6.45) is 0. The molecule has 1 saturated heterocycles. The van der Waals surface area contributed by atoms with Crippen molar-refractivity contribution in [3.05, 3.63) is 100 Å². The molecule has 154 valence electrons. The highest BCUT2D eigenvalue weighted by molar-refractivity contribution is 6.35. The highest BCUT2D eigenvalue weighted by Gasteiger charge is 2.28. The Balaban J connectivity index is 1.45. The zero-order chi connectivity index (χ0) is 20.9. The summed E-state index contributed by atoms with van der Waals surface area (Å²) in [5.41, 5.74) is 3.12. The molecule has 1 aliphatic heterocycles. The zero-order valence-electron chi connectivity index (χ0n) is 16.5. The van der Waals surface area contributed by atoms with Gasteiger partial charge < -0.3 is 10.2 Å². The molecule has 0 aromatic heterocycles. The largest absolute Gasteiger partial charge is 0.322 e. The van der Waals surface area contributed by atoms with Gasteiger partial charge in [0.15, 0.2) is 0 Å². The van der Waals surface area contributed by atoms with Gasteiger partial charge in [-0.1, -0.05) is 83.9 Å². The highest BCUT2D eigenvalue weighted by Crippen LogP contribution is 2.29. The van der Waals surface area contributed by atoms with E-state index in [4.69, 9.17) is 23.2 Å². The average molecular weight is 440 g/mol. The lowest BCUT2D eigenvalue weighted by atomic mass is 9.96. The Morgan fingerprint density at radius 3 is 1.77 bits per heavy atom. The number of anilines is 1. The summed E-state index contributed by atoms with van der Waals surface area (Å²) < 4.78 is 0. The van der Waals surface area contributed by atoms with E-state index in [2.05, 4.69) is 58.7 Å². The summed E-state index contributed by atoms with van der Waals surface area (Å²) in [4.78, 5) is 17.0. The van der Waals surface area contributed by atoms with Crippen LogP contribution in [0.1, 0.15) is 17.2 Å². The molecule has 1 heterocycles. The molecule has 0 spiro atoms. The molecule has 2 amide bonds. The number of nitrogens with one attached hydrogen (secondary N) is 1. The Morgan fingerprint density at radius 2 is 1.27 bits per heavy atom. The van der Waals surface area contributed by atoms with E-state index in [9.17, 15) is 4.79 Å². The first-order chi connectivity index (χ1) is 14.6. The summed E-state index contributed by atoms with van der Waals surface area (Å²) in [6, 6.07) is 26.1. The third kappa shape index (κ3) is 4.96. The van der Waals surface area contributed by atoms with Gasteiger partial charge in [-0.2, -0.15) is 0 Å². The van der Waals surface area contributed by atoms with Gasteiger partial charge in [-0.3, -0.25) is 4.90 Å². The Bertz CT molecular complexity index is 930. The fraction of sp³-hybridized carbons (Fsp3) is 0.208. The summed E-state index contributed by atoms with van der Waals surface area (Å²) in [5.74, 6) is 0. The predicted octanol–water partition coefficient (Wildman–Crippen LogP) is 5.93. The molecule has 0 aliphatic carbocycles. The van der Waals surface area contributed by atoms with Gasteiger partial charge in [0.1, 0.15) is 0 Å². The summed E-state index contributed by atoms with van der Waals surface area (Å²) in [7, 11) is 0. The number of halogens is 2. The van der Waals surface area contributed by atoms with E-state index < -0.39 is 0 Å². The Morgan fingerprint density at radius 1 is 0.767 bits per heavy atom. The van der Waals surface area contributed by atoms with Crippen LogP contribution in [0.5, 0.6) is 0 Å². The van der Waals surface area contributed by atoms with E-state index in [0.29, 0.717) is 28.8 Å². The topological polar surface area (TPSA) is 35.6 Å². The van der Waals surface area contributed by atoms with Crippen molar-refractivity contribution in [3.8, 4) is 0 Å². The minimum absolute atomic E-state index is 0.135. The SMILES string of the molecule is O=C(Nc1cc(Cl)cc(Cl)c1)N1CCN(C(c2ccccc2)c2ccccc2)CC1. The van der Waals surface area contributed by atoms with Gasteiger partial charge in [0.05, 0.1) is 6.04 Å². The Labute approximate surface area is 187 Å². The maximum absolute atomic E-state index is 12.7. The summed E-state index contributed by atoms with van der Waals surface area (Å²) in [5, 5.41) is 3.89. The average Bonchev–Trinajstić information content (AvgIpc) is 2.75. The van der Waals surface area contributed by atoms with Crippen LogP contribution in [0.25, 0.3) is 0 Å². The number of piperazine rings is 1. The van der Waals surface area contributed by atoms with Gasteiger partial charge in [-0.15, -0.1) is 0 Å². The normalized spacial score (nSPS) is 14.7. The van der Waals surface area contributed by atoms with Crippen molar-refractivity contribution in [1.29, 1.82) is 0 Å². The fourth-order valence-corrected chi connectivity index (χ4v) is 4.42. The van der Waals surface area contributed by atoms with Crippen LogP contribution in [-0.2, 0) is 0 Å². The molecule has 3 aromatic carbocycles. The fourth-order valence-electron chi connectivity index (χ4n) is 3.90. The summed E-state index contributed by atoms with van der Waals surface area (Å²) in [6.45, 7) is 2.88. The number of benzene rings is 3. The molecule has 1 N–H and O–H groups in total.